The normalized spacial score (nSPS) is 16.5. The Hall–Kier alpha value is -4.05. The number of hydrogen-bond donors (Lipinski definition) is 4. The van der Waals surface area contributed by atoms with E-state index in [9.17, 15) is 24.0 Å². The minimum Gasteiger partial charge on any atom is -0.356 e. The molecule has 0 saturated carbocycles. The van der Waals surface area contributed by atoms with Gasteiger partial charge < -0.3 is 26.1 Å². The summed E-state index contributed by atoms with van der Waals surface area (Å²) in [6, 6.07) is 13.6. The molecular weight excluding hydrogens is 516 g/mol. The fourth-order valence-electron chi connectivity index (χ4n) is 4.79. The van der Waals surface area contributed by atoms with Gasteiger partial charge >= 0.3 is 0 Å². The first-order valence-electron chi connectivity index (χ1n) is 13.0. The van der Waals surface area contributed by atoms with Gasteiger partial charge in [-0.25, -0.2) is 0 Å². The van der Waals surface area contributed by atoms with E-state index < -0.39 is 23.9 Å². The van der Waals surface area contributed by atoms with Crippen LogP contribution in [-0.4, -0.2) is 55.1 Å². The summed E-state index contributed by atoms with van der Waals surface area (Å²) in [5.74, 6) is -1.90. The average Bonchev–Trinajstić information content (AvgIpc) is 3.38. The van der Waals surface area contributed by atoms with Gasteiger partial charge in [0.2, 0.25) is 17.7 Å². The molecule has 1 aromatic heterocycles. The number of piperidine rings is 1. The molecule has 1 aliphatic heterocycles. The maximum atomic E-state index is 13.3. The highest BCUT2D eigenvalue weighted by Crippen LogP contribution is 2.21. The highest BCUT2D eigenvalue weighted by atomic mass is 32.1. The summed E-state index contributed by atoms with van der Waals surface area (Å²) in [5.41, 5.74) is 1.69. The Bertz CT molecular complexity index is 1370. The molecular formula is C29H32N4O5S. The van der Waals surface area contributed by atoms with Crippen LogP contribution in [0, 0.1) is 12.8 Å². The first-order valence-corrected chi connectivity index (χ1v) is 13.9. The molecule has 0 spiro atoms. The van der Waals surface area contributed by atoms with Crippen LogP contribution in [0.5, 0.6) is 0 Å². The second kappa shape index (κ2) is 13.1. The van der Waals surface area contributed by atoms with E-state index in [2.05, 4.69) is 21.3 Å². The van der Waals surface area contributed by atoms with Gasteiger partial charge in [-0.15, -0.1) is 11.3 Å². The van der Waals surface area contributed by atoms with Crippen molar-refractivity contribution in [3.63, 3.8) is 0 Å². The number of aldehydes is 1. The van der Waals surface area contributed by atoms with Crippen molar-refractivity contribution in [2.24, 2.45) is 5.92 Å². The fraction of sp³-hybridized carbons (Fsp3) is 0.345. The van der Waals surface area contributed by atoms with Gasteiger partial charge in [-0.2, -0.15) is 0 Å². The zero-order chi connectivity index (χ0) is 27.8. The molecule has 9 nitrogen and oxygen atoms in total. The third-order valence-corrected chi connectivity index (χ3v) is 7.88. The van der Waals surface area contributed by atoms with Crippen LogP contribution in [0.1, 0.15) is 40.1 Å². The minimum atomic E-state index is -0.939. The first-order chi connectivity index (χ1) is 18.9. The number of carbonyl (C=O) groups is 5. The topological polar surface area (TPSA) is 133 Å². The molecule has 39 heavy (non-hydrogen) atoms. The Morgan fingerprint density at radius 3 is 2.64 bits per heavy atom. The molecule has 2 heterocycles. The molecule has 0 aliphatic carbocycles. The van der Waals surface area contributed by atoms with E-state index in [1.54, 1.807) is 0 Å². The van der Waals surface area contributed by atoms with Crippen LogP contribution in [0.4, 0.5) is 0 Å². The molecule has 4 amide bonds. The van der Waals surface area contributed by atoms with Crippen molar-refractivity contribution in [3.8, 4) is 0 Å². The second-order valence-corrected chi connectivity index (χ2v) is 10.6. The van der Waals surface area contributed by atoms with Crippen molar-refractivity contribution in [1.29, 1.82) is 0 Å². The Kier molecular flexibility index (Phi) is 9.43. The van der Waals surface area contributed by atoms with Crippen molar-refractivity contribution in [2.75, 3.05) is 13.1 Å². The second-order valence-electron chi connectivity index (χ2n) is 9.69. The molecule has 1 fully saturated rings. The van der Waals surface area contributed by atoms with E-state index in [0.29, 0.717) is 24.1 Å². The van der Waals surface area contributed by atoms with Crippen molar-refractivity contribution >= 4 is 52.0 Å². The largest absolute Gasteiger partial charge is 0.356 e. The van der Waals surface area contributed by atoms with Crippen LogP contribution < -0.4 is 21.3 Å². The lowest BCUT2D eigenvalue weighted by Crippen LogP contribution is -2.51. The number of thiophene rings is 1. The quantitative estimate of drug-likeness (QED) is 0.273. The van der Waals surface area contributed by atoms with Crippen molar-refractivity contribution in [3.05, 3.63) is 69.9 Å². The molecule has 3 atom stereocenters. The Balaban J connectivity index is 1.42. The molecule has 3 unspecified atom stereocenters. The van der Waals surface area contributed by atoms with Gasteiger partial charge in [0.05, 0.1) is 17.5 Å². The van der Waals surface area contributed by atoms with Gasteiger partial charge in [0, 0.05) is 18.9 Å². The number of aryl methyl sites for hydroxylation is 1. The summed E-state index contributed by atoms with van der Waals surface area (Å²) in [7, 11) is 0. The van der Waals surface area contributed by atoms with E-state index in [-0.39, 0.29) is 37.1 Å². The third kappa shape index (κ3) is 7.29. The highest BCUT2D eigenvalue weighted by Gasteiger charge is 2.27. The molecule has 3 aromatic rings. The van der Waals surface area contributed by atoms with Gasteiger partial charge in [-0.3, -0.25) is 19.2 Å². The average molecular weight is 549 g/mol. The first kappa shape index (κ1) is 28.0. The zero-order valence-corrected chi connectivity index (χ0v) is 22.5. The summed E-state index contributed by atoms with van der Waals surface area (Å²) >= 11 is 1.29. The van der Waals surface area contributed by atoms with Gasteiger partial charge in [0.25, 0.3) is 5.91 Å². The van der Waals surface area contributed by atoms with E-state index in [0.717, 1.165) is 28.3 Å². The zero-order valence-electron chi connectivity index (χ0n) is 21.7. The molecule has 204 valence electrons. The van der Waals surface area contributed by atoms with Crippen molar-refractivity contribution < 1.29 is 24.0 Å². The number of nitrogens with one attached hydrogen (secondary N) is 4. The summed E-state index contributed by atoms with van der Waals surface area (Å²) in [5, 5.41) is 14.6. The van der Waals surface area contributed by atoms with Gasteiger partial charge in [0.1, 0.15) is 12.3 Å². The molecule has 4 rings (SSSR count). The van der Waals surface area contributed by atoms with Crippen LogP contribution in [0.2, 0.25) is 0 Å². The smallest absolute Gasteiger partial charge is 0.262 e. The van der Waals surface area contributed by atoms with Crippen molar-refractivity contribution in [2.45, 2.75) is 44.7 Å². The lowest BCUT2D eigenvalue weighted by molar-refractivity contribution is -0.129. The standard InChI is InChI=1S/C29H32N4O5S/c1-18-11-13-39-26(18)29(38)33-24(15-20-8-4-7-19-6-2-3-10-23(19)20)28(37)31-16-25(35)32-22(17-34)14-21-9-5-12-30-27(21)36/h2-4,6-8,10-11,13,17,21-22,24H,5,9,12,14-16H2,1H3,(H,30,36)(H,31,37)(H,32,35)(H,33,38). The number of fused-ring (bicyclic) bond motifs is 1. The van der Waals surface area contributed by atoms with Crippen LogP contribution in [0.25, 0.3) is 10.8 Å². The highest BCUT2D eigenvalue weighted by molar-refractivity contribution is 7.12. The van der Waals surface area contributed by atoms with E-state index >= 15 is 0 Å². The monoisotopic (exact) mass is 548 g/mol. The van der Waals surface area contributed by atoms with E-state index in [4.69, 9.17) is 0 Å². The summed E-state index contributed by atoms with van der Waals surface area (Å²) < 4.78 is 0. The van der Waals surface area contributed by atoms with Crippen LogP contribution in [0.15, 0.2) is 53.9 Å². The molecule has 4 N–H and O–H groups in total. The summed E-state index contributed by atoms with van der Waals surface area (Å²) in [4.78, 5) is 62.9. The van der Waals surface area contributed by atoms with Crippen LogP contribution in [-0.2, 0) is 25.6 Å². The maximum Gasteiger partial charge on any atom is 0.262 e. The predicted molar refractivity (Wildman–Crippen MR) is 149 cm³/mol. The van der Waals surface area contributed by atoms with Gasteiger partial charge in [-0.1, -0.05) is 42.5 Å². The summed E-state index contributed by atoms with van der Waals surface area (Å²) in [6.07, 6.45) is 2.50. The number of benzene rings is 2. The lowest BCUT2D eigenvalue weighted by atomic mass is 9.92. The predicted octanol–water partition coefficient (Wildman–Crippen LogP) is 2.27. The molecule has 10 heteroatoms. The molecule has 0 bridgehead atoms. The number of rotatable bonds is 11. The Morgan fingerprint density at radius 1 is 1.10 bits per heavy atom. The minimum absolute atomic E-state index is 0.122. The molecule has 1 aliphatic rings. The van der Waals surface area contributed by atoms with Gasteiger partial charge in [0.15, 0.2) is 0 Å². The summed E-state index contributed by atoms with van der Waals surface area (Å²) in [6.45, 7) is 2.07. The van der Waals surface area contributed by atoms with Crippen LogP contribution in [0.3, 0.4) is 0 Å². The molecule has 2 aromatic carbocycles. The number of amides is 4. The lowest BCUT2D eigenvalue weighted by Gasteiger charge is -2.24. The Labute approximate surface area is 230 Å². The van der Waals surface area contributed by atoms with Gasteiger partial charge in [-0.05, 0) is 59.5 Å². The van der Waals surface area contributed by atoms with Crippen LogP contribution >= 0.6 is 11.3 Å². The third-order valence-electron chi connectivity index (χ3n) is 6.87. The van der Waals surface area contributed by atoms with E-state index in [1.165, 1.54) is 11.3 Å². The van der Waals surface area contributed by atoms with Crippen molar-refractivity contribution in [1.82, 2.24) is 21.3 Å². The SMILES string of the molecule is Cc1ccsc1C(=O)NC(Cc1cccc2ccccc12)C(=O)NCC(=O)NC(C=O)CC1CCCNC1=O. The Morgan fingerprint density at radius 2 is 1.90 bits per heavy atom. The maximum absolute atomic E-state index is 13.3. The fourth-order valence-corrected chi connectivity index (χ4v) is 5.62. The van der Waals surface area contributed by atoms with E-state index in [1.807, 2.05) is 60.8 Å². The number of hydrogen-bond acceptors (Lipinski definition) is 6. The molecule has 0 radical (unpaired) electrons. The number of carbonyl (C=O) groups excluding carboxylic acids is 5. The molecule has 1 saturated heterocycles.